The molecule has 1 aromatic rings. The molecule has 0 saturated heterocycles. The van der Waals surface area contributed by atoms with Crippen molar-refractivity contribution >= 4 is 11.6 Å². The van der Waals surface area contributed by atoms with Crippen molar-refractivity contribution < 1.29 is 5.11 Å². The molecule has 1 aromatic carbocycles. The van der Waals surface area contributed by atoms with Gasteiger partial charge in [-0.05, 0) is 25.8 Å². The van der Waals surface area contributed by atoms with Crippen LogP contribution in [0.1, 0.15) is 31.7 Å². The SMILES string of the molecule is CC(O)(c1ccccc1Cl)C1(C#N)CCC1. The highest BCUT2D eigenvalue weighted by Crippen LogP contribution is 2.54. The van der Waals surface area contributed by atoms with Gasteiger partial charge in [0, 0.05) is 10.6 Å². The number of aliphatic hydroxyl groups is 1. The van der Waals surface area contributed by atoms with E-state index in [4.69, 9.17) is 11.6 Å². The highest BCUT2D eigenvalue weighted by molar-refractivity contribution is 6.31. The first-order valence-electron chi connectivity index (χ1n) is 5.42. The molecule has 2 rings (SSSR count). The van der Waals surface area contributed by atoms with Gasteiger partial charge in [0.1, 0.15) is 5.60 Å². The topological polar surface area (TPSA) is 44.0 Å². The average Bonchev–Trinajstić information content (AvgIpc) is 2.16. The van der Waals surface area contributed by atoms with Crippen molar-refractivity contribution in [1.82, 2.24) is 0 Å². The van der Waals surface area contributed by atoms with E-state index < -0.39 is 11.0 Å². The Bertz CT molecular complexity index is 443. The Morgan fingerprint density at radius 1 is 1.44 bits per heavy atom. The molecule has 0 heterocycles. The van der Waals surface area contributed by atoms with Gasteiger partial charge in [0.25, 0.3) is 0 Å². The fourth-order valence-electron chi connectivity index (χ4n) is 2.35. The van der Waals surface area contributed by atoms with E-state index in [0.717, 1.165) is 19.3 Å². The summed E-state index contributed by atoms with van der Waals surface area (Å²) < 4.78 is 0. The van der Waals surface area contributed by atoms with Crippen molar-refractivity contribution in [3.05, 3.63) is 34.9 Å². The number of hydrogen-bond acceptors (Lipinski definition) is 2. The van der Waals surface area contributed by atoms with E-state index in [1.54, 1.807) is 19.1 Å². The molecule has 0 bridgehead atoms. The van der Waals surface area contributed by atoms with E-state index in [0.29, 0.717) is 10.6 Å². The van der Waals surface area contributed by atoms with Crippen LogP contribution >= 0.6 is 11.6 Å². The average molecular weight is 236 g/mol. The number of benzene rings is 1. The minimum atomic E-state index is -1.17. The molecule has 1 N–H and O–H groups in total. The Labute approximate surface area is 100 Å². The maximum absolute atomic E-state index is 10.6. The van der Waals surface area contributed by atoms with Crippen LogP contribution in [-0.2, 0) is 5.60 Å². The number of rotatable bonds is 2. The molecule has 1 unspecified atom stereocenters. The quantitative estimate of drug-likeness (QED) is 0.855. The number of halogens is 1. The van der Waals surface area contributed by atoms with Gasteiger partial charge in [-0.15, -0.1) is 0 Å². The number of nitrogens with zero attached hydrogens (tertiary/aromatic N) is 1. The second-order valence-corrected chi connectivity index (χ2v) is 5.01. The Morgan fingerprint density at radius 2 is 2.06 bits per heavy atom. The van der Waals surface area contributed by atoms with E-state index in [2.05, 4.69) is 6.07 Å². The monoisotopic (exact) mass is 235 g/mol. The fraction of sp³-hybridized carbons (Fsp3) is 0.462. The second-order valence-electron chi connectivity index (χ2n) is 4.60. The molecule has 1 fully saturated rings. The van der Waals surface area contributed by atoms with Gasteiger partial charge in [-0.3, -0.25) is 0 Å². The lowest BCUT2D eigenvalue weighted by molar-refractivity contribution is -0.0857. The van der Waals surface area contributed by atoms with Crippen molar-refractivity contribution in [2.75, 3.05) is 0 Å². The summed E-state index contributed by atoms with van der Waals surface area (Å²) in [6.07, 6.45) is 2.47. The first kappa shape index (κ1) is 11.4. The van der Waals surface area contributed by atoms with Crippen LogP contribution in [0.5, 0.6) is 0 Å². The van der Waals surface area contributed by atoms with Crippen molar-refractivity contribution in [2.45, 2.75) is 31.8 Å². The summed E-state index contributed by atoms with van der Waals surface area (Å²) in [7, 11) is 0. The standard InChI is InChI=1S/C13H14ClNO/c1-12(16,13(9-15)7-4-8-13)10-5-2-3-6-11(10)14/h2-3,5-6,16H,4,7-8H2,1H3. The summed E-state index contributed by atoms with van der Waals surface area (Å²) in [4.78, 5) is 0. The largest absolute Gasteiger partial charge is 0.384 e. The van der Waals surface area contributed by atoms with Crippen LogP contribution in [0.2, 0.25) is 5.02 Å². The van der Waals surface area contributed by atoms with Crippen LogP contribution in [0, 0.1) is 16.7 Å². The number of nitriles is 1. The van der Waals surface area contributed by atoms with Gasteiger partial charge in [-0.25, -0.2) is 0 Å². The van der Waals surface area contributed by atoms with Crippen molar-refractivity contribution in [3.63, 3.8) is 0 Å². The molecule has 0 aromatic heterocycles. The van der Waals surface area contributed by atoms with E-state index >= 15 is 0 Å². The third kappa shape index (κ3) is 1.43. The van der Waals surface area contributed by atoms with Crippen molar-refractivity contribution in [1.29, 1.82) is 5.26 Å². The van der Waals surface area contributed by atoms with Gasteiger partial charge in [-0.1, -0.05) is 36.2 Å². The Balaban J connectivity index is 2.47. The molecular weight excluding hydrogens is 222 g/mol. The van der Waals surface area contributed by atoms with Gasteiger partial charge >= 0.3 is 0 Å². The zero-order valence-electron chi connectivity index (χ0n) is 9.20. The number of hydrogen-bond donors (Lipinski definition) is 1. The molecule has 0 spiro atoms. The lowest BCUT2D eigenvalue weighted by Crippen LogP contribution is -2.47. The van der Waals surface area contributed by atoms with Crippen LogP contribution < -0.4 is 0 Å². The smallest absolute Gasteiger partial charge is 0.107 e. The molecule has 1 aliphatic carbocycles. The van der Waals surface area contributed by atoms with Gasteiger partial charge in [0.15, 0.2) is 0 Å². The molecule has 0 aliphatic heterocycles. The lowest BCUT2D eigenvalue weighted by atomic mass is 9.58. The maximum Gasteiger partial charge on any atom is 0.107 e. The minimum absolute atomic E-state index is 0.522. The van der Waals surface area contributed by atoms with Crippen LogP contribution in [0.15, 0.2) is 24.3 Å². The molecule has 1 atom stereocenters. The molecule has 1 saturated carbocycles. The first-order valence-corrected chi connectivity index (χ1v) is 5.80. The highest BCUT2D eigenvalue weighted by Gasteiger charge is 2.53. The molecule has 84 valence electrons. The zero-order valence-corrected chi connectivity index (χ0v) is 9.96. The predicted molar refractivity (Wildman–Crippen MR) is 62.9 cm³/mol. The second kappa shape index (κ2) is 3.76. The molecule has 0 amide bonds. The molecule has 3 heteroatoms. The Kier molecular flexibility index (Phi) is 2.69. The fourth-order valence-corrected chi connectivity index (χ4v) is 2.67. The Morgan fingerprint density at radius 3 is 2.50 bits per heavy atom. The lowest BCUT2D eigenvalue weighted by Gasteiger charge is -2.47. The third-order valence-electron chi connectivity index (χ3n) is 3.75. The van der Waals surface area contributed by atoms with Gasteiger partial charge in [-0.2, -0.15) is 5.26 Å². The normalized spacial score (nSPS) is 21.6. The predicted octanol–water partition coefficient (Wildman–Crippen LogP) is 3.24. The van der Waals surface area contributed by atoms with Crippen LogP contribution in [-0.4, -0.2) is 5.11 Å². The molecule has 1 aliphatic rings. The zero-order chi connectivity index (χ0) is 11.8. The van der Waals surface area contributed by atoms with E-state index in [-0.39, 0.29) is 0 Å². The van der Waals surface area contributed by atoms with Crippen molar-refractivity contribution in [3.8, 4) is 6.07 Å². The first-order chi connectivity index (χ1) is 7.53. The van der Waals surface area contributed by atoms with Gasteiger partial charge in [0.2, 0.25) is 0 Å². The summed E-state index contributed by atoms with van der Waals surface area (Å²) in [6.45, 7) is 1.69. The van der Waals surface area contributed by atoms with Crippen molar-refractivity contribution in [2.24, 2.45) is 5.41 Å². The summed E-state index contributed by atoms with van der Waals surface area (Å²) in [6, 6.07) is 9.46. The molecule has 2 nitrogen and oxygen atoms in total. The minimum Gasteiger partial charge on any atom is -0.384 e. The molecule has 16 heavy (non-hydrogen) atoms. The van der Waals surface area contributed by atoms with Crippen LogP contribution in [0.25, 0.3) is 0 Å². The summed E-state index contributed by atoms with van der Waals surface area (Å²) in [5.41, 5.74) is -1.19. The third-order valence-corrected chi connectivity index (χ3v) is 4.08. The molecular formula is C13H14ClNO. The van der Waals surface area contributed by atoms with Gasteiger partial charge in [0.05, 0.1) is 11.5 Å². The summed E-state index contributed by atoms with van der Waals surface area (Å²) in [5.74, 6) is 0. The molecule has 0 radical (unpaired) electrons. The van der Waals surface area contributed by atoms with E-state index in [9.17, 15) is 10.4 Å². The Hall–Kier alpha value is -1.04. The summed E-state index contributed by atoms with van der Waals surface area (Å²) >= 11 is 6.08. The highest BCUT2D eigenvalue weighted by atomic mass is 35.5. The van der Waals surface area contributed by atoms with Crippen LogP contribution in [0.3, 0.4) is 0 Å². The summed E-state index contributed by atoms with van der Waals surface area (Å²) in [5, 5.41) is 20.4. The van der Waals surface area contributed by atoms with Crippen LogP contribution in [0.4, 0.5) is 0 Å². The maximum atomic E-state index is 10.6. The van der Waals surface area contributed by atoms with E-state index in [1.165, 1.54) is 0 Å². The van der Waals surface area contributed by atoms with Gasteiger partial charge < -0.3 is 5.11 Å². The van der Waals surface area contributed by atoms with E-state index in [1.807, 2.05) is 12.1 Å².